The lowest BCUT2D eigenvalue weighted by atomic mass is 9.34. The Morgan fingerprint density at radius 1 is 0.943 bits per heavy atom. The number of rotatable bonds is 6. The van der Waals surface area contributed by atoms with Gasteiger partial charge in [-0.25, -0.2) is 0 Å². The lowest BCUT2D eigenvalue weighted by Crippen LogP contribution is -2.69. The van der Waals surface area contributed by atoms with Crippen LogP contribution in [0.4, 0.5) is 0 Å². The first-order chi connectivity index (χ1) is 16.0. The van der Waals surface area contributed by atoms with Gasteiger partial charge < -0.3 is 25.2 Å². The second kappa shape index (κ2) is 8.93. The fourth-order valence-electron chi connectivity index (χ4n) is 10.5. The molecule has 0 aromatic rings. The molecule has 4 saturated carbocycles. The Labute approximate surface area is 214 Å². The zero-order valence-corrected chi connectivity index (χ0v) is 23.7. The highest BCUT2D eigenvalue weighted by atomic mass is 16.5. The third-order valence-corrected chi connectivity index (χ3v) is 12.6. The molecule has 0 aliphatic heterocycles. The van der Waals surface area contributed by atoms with Crippen LogP contribution in [-0.4, -0.2) is 57.6 Å². The summed E-state index contributed by atoms with van der Waals surface area (Å²) in [5.74, 6) is 0.482. The van der Waals surface area contributed by atoms with Crippen LogP contribution in [0, 0.1) is 45.3 Å². The summed E-state index contributed by atoms with van der Waals surface area (Å²) in [6.07, 6.45) is 5.91. The zero-order chi connectivity index (χ0) is 26.2. The summed E-state index contributed by atoms with van der Waals surface area (Å²) in [5, 5.41) is 45.6. The molecule has 0 amide bonds. The summed E-state index contributed by atoms with van der Waals surface area (Å²) in [6.45, 7) is 15.5. The zero-order valence-electron chi connectivity index (χ0n) is 23.7. The van der Waals surface area contributed by atoms with Crippen LogP contribution < -0.4 is 0 Å². The molecule has 0 aromatic heterocycles. The number of ether oxygens (including phenoxy) is 1. The van der Waals surface area contributed by atoms with Crippen molar-refractivity contribution in [2.75, 3.05) is 7.11 Å². The lowest BCUT2D eigenvalue weighted by Gasteiger charge is -2.71. The number of hydrogen-bond acceptors (Lipinski definition) is 5. The number of hydrogen-bond donors (Lipinski definition) is 4. The van der Waals surface area contributed by atoms with E-state index in [1.807, 2.05) is 0 Å². The monoisotopic (exact) mass is 494 g/mol. The second-order valence-electron chi connectivity index (χ2n) is 15.0. The molecule has 5 heteroatoms. The Morgan fingerprint density at radius 3 is 2.23 bits per heavy atom. The van der Waals surface area contributed by atoms with Crippen LogP contribution in [0.3, 0.4) is 0 Å². The van der Waals surface area contributed by atoms with E-state index >= 15 is 0 Å². The van der Waals surface area contributed by atoms with E-state index in [1.54, 1.807) is 7.11 Å². The van der Waals surface area contributed by atoms with E-state index < -0.39 is 24.4 Å². The molecule has 204 valence electrons. The van der Waals surface area contributed by atoms with Crippen molar-refractivity contribution >= 4 is 0 Å². The van der Waals surface area contributed by atoms with Gasteiger partial charge in [0.25, 0.3) is 0 Å². The molecule has 0 spiro atoms. The molecule has 0 aromatic carbocycles. The third-order valence-electron chi connectivity index (χ3n) is 12.6. The normalized spacial score (nSPS) is 50.2. The van der Waals surface area contributed by atoms with Crippen molar-refractivity contribution in [2.24, 2.45) is 45.3 Å². The highest BCUT2D eigenvalue weighted by Gasteiger charge is 2.72. The summed E-state index contributed by atoms with van der Waals surface area (Å²) in [5.41, 5.74) is -0.873. The third kappa shape index (κ3) is 4.06. The van der Waals surface area contributed by atoms with E-state index in [0.717, 1.165) is 57.8 Å². The van der Waals surface area contributed by atoms with E-state index in [4.69, 9.17) is 4.74 Å². The average Bonchev–Trinajstić information content (AvgIpc) is 3.13. The van der Waals surface area contributed by atoms with E-state index in [1.165, 1.54) is 0 Å². The largest absolute Gasteiger partial charge is 0.393 e. The van der Waals surface area contributed by atoms with Crippen molar-refractivity contribution in [3.63, 3.8) is 0 Å². The van der Waals surface area contributed by atoms with Gasteiger partial charge in [0.15, 0.2) is 0 Å². The minimum atomic E-state index is -0.459. The SMILES string of the molecule is COC(C)(C)CCC[C@@H](O)[C@H]1CC[C@]2(C)[C@@H]1[C@H](O)C[C@@H]1[C@@]3(C)CC[C@H](O)C(C)(C)[C@@H]3[C@@H](O)C[C@]12C. The average molecular weight is 495 g/mol. The van der Waals surface area contributed by atoms with Gasteiger partial charge in [-0.2, -0.15) is 0 Å². The van der Waals surface area contributed by atoms with Gasteiger partial charge in [0.1, 0.15) is 0 Å². The highest BCUT2D eigenvalue weighted by molar-refractivity contribution is 5.20. The minimum Gasteiger partial charge on any atom is -0.393 e. The van der Waals surface area contributed by atoms with Crippen LogP contribution in [0.25, 0.3) is 0 Å². The quantitative estimate of drug-likeness (QED) is 0.420. The Balaban J connectivity index is 1.60. The number of aliphatic hydroxyl groups is 4. The lowest BCUT2D eigenvalue weighted by molar-refractivity contribution is -0.272. The summed E-state index contributed by atoms with van der Waals surface area (Å²) in [4.78, 5) is 0. The molecule has 4 aliphatic rings. The van der Waals surface area contributed by atoms with Gasteiger partial charge in [-0.1, -0.05) is 34.6 Å². The van der Waals surface area contributed by atoms with Crippen LogP contribution in [0.1, 0.15) is 106 Å². The first-order valence-electron chi connectivity index (χ1n) is 14.3. The van der Waals surface area contributed by atoms with Crippen molar-refractivity contribution in [2.45, 2.75) is 136 Å². The van der Waals surface area contributed by atoms with Crippen molar-refractivity contribution in [3.05, 3.63) is 0 Å². The van der Waals surface area contributed by atoms with Gasteiger partial charge in [0.2, 0.25) is 0 Å². The van der Waals surface area contributed by atoms with Crippen LogP contribution in [0.2, 0.25) is 0 Å². The molecule has 11 atom stereocenters. The fourth-order valence-corrected chi connectivity index (χ4v) is 10.5. The van der Waals surface area contributed by atoms with E-state index in [2.05, 4.69) is 48.5 Å². The fraction of sp³-hybridized carbons (Fsp3) is 1.00. The Morgan fingerprint density at radius 2 is 1.60 bits per heavy atom. The standard InChI is InChI=1S/C30H54O5/c1-26(2,35-8)13-9-10-19(31)18-11-15-29(6)24(18)20(32)16-22-28(5)14-12-23(34)27(3,4)25(28)21(33)17-30(22,29)7/h18-25,31-34H,9-17H2,1-8H3/t18-,19-,20-,21+,22-,23+,24+,25+,28-,29-,30-/m1/s1. The van der Waals surface area contributed by atoms with Gasteiger partial charge in [-0.05, 0) is 117 Å². The number of methoxy groups -OCH3 is 1. The maximum Gasteiger partial charge on any atom is 0.0622 e. The van der Waals surface area contributed by atoms with Crippen LogP contribution in [0.5, 0.6) is 0 Å². The summed E-state index contributed by atoms with van der Waals surface area (Å²) in [6, 6.07) is 0. The molecule has 0 heterocycles. The van der Waals surface area contributed by atoms with Crippen LogP contribution in [0.15, 0.2) is 0 Å². The number of fused-ring (bicyclic) bond motifs is 5. The van der Waals surface area contributed by atoms with Gasteiger partial charge in [0, 0.05) is 7.11 Å². The molecular formula is C30H54O5. The Kier molecular flexibility index (Phi) is 7.10. The van der Waals surface area contributed by atoms with Crippen LogP contribution >= 0.6 is 0 Å². The molecule has 0 radical (unpaired) electrons. The Hall–Kier alpha value is -0.200. The van der Waals surface area contributed by atoms with Crippen molar-refractivity contribution in [1.29, 1.82) is 0 Å². The van der Waals surface area contributed by atoms with E-state index in [-0.39, 0.29) is 45.0 Å². The maximum atomic E-state index is 11.7. The first-order valence-corrected chi connectivity index (χ1v) is 14.3. The van der Waals surface area contributed by atoms with Gasteiger partial charge in [-0.15, -0.1) is 0 Å². The molecule has 0 unspecified atom stereocenters. The molecule has 4 rings (SSSR count). The molecule has 0 saturated heterocycles. The highest BCUT2D eigenvalue weighted by Crippen LogP contribution is 2.75. The minimum absolute atomic E-state index is 0.0242. The predicted molar refractivity (Wildman–Crippen MR) is 139 cm³/mol. The number of aliphatic hydroxyl groups excluding tert-OH is 4. The molecule has 4 fully saturated rings. The first kappa shape index (κ1) is 27.8. The molecule has 35 heavy (non-hydrogen) atoms. The van der Waals surface area contributed by atoms with E-state index in [9.17, 15) is 20.4 Å². The predicted octanol–water partition coefficient (Wildman–Crippen LogP) is 4.93. The molecular weight excluding hydrogens is 440 g/mol. The van der Waals surface area contributed by atoms with Crippen molar-refractivity contribution < 1.29 is 25.2 Å². The van der Waals surface area contributed by atoms with Gasteiger partial charge in [-0.3, -0.25) is 0 Å². The van der Waals surface area contributed by atoms with Gasteiger partial charge in [0.05, 0.1) is 30.0 Å². The van der Waals surface area contributed by atoms with Crippen molar-refractivity contribution in [3.8, 4) is 0 Å². The summed E-state index contributed by atoms with van der Waals surface area (Å²) < 4.78 is 5.56. The second-order valence-corrected chi connectivity index (χ2v) is 15.0. The summed E-state index contributed by atoms with van der Waals surface area (Å²) >= 11 is 0. The Bertz CT molecular complexity index is 781. The summed E-state index contributed by atoms with van der Waals surface area (Å²) in [7, 11) is 1.74. The molecule has 0 bridgehead atoms. The van der Waals surface area contributed by atoms with Gasteiger partial charge >= 0.3 is 0 Å². The topological polar surface area (TPSA) is 90.2 Å². The van der Waals surface area contributed by atoms with Crippen LogP contribution in [-0.2, 0) is 4.74 Å². The maximum absolute atomic E-state index is 11.7. The van der Waals surface area contributed by atoms with Crippen molar-refractivity contribution in [1.82, 2.24) is 0 Å². The van der Waals surface area contributed by atoms with E-state index in [0.29, 0.717) is 5.92 Å². The smallest absolute Gasteiger partial charge is 0.0622 e. The molecule has 4 aliphatic carbocycles. The molecule has 5 nitrogen and oxygen atoms in total. The molecule has 4 N–H and O–H groups in total.